The fraction of sp³-hybridized carbons (Fsp3) is 0.915. The monoisotopic (exact) mass is 1080 g/mol. The molecule has 0 aromatic heterocycles. The smallest absolute Gasteiger partial charge is 0.305 e. The molecule has 0 heterocycles. The fourth-order valence-electron chi connectivity index (χ4n) is 11.1. The van der Waals surface area contributed by atoms with Crippen molar-refractivity contribution in [2.45, 2.75) is 405 Å². The molecule has 6 heteroatoms. The van der Waals surface area contributed by atoms with Crippen LogP contribution in [-0.4, -0.2) is 47.4 Å². The van der Waals surface area contributed by atoms with Crippen molar-refractivity contribution >= 4 is 11.9 Å². The number of rotatable bonds is 66. The van der Waals surface area contributed by atoms with Gasteiger partial charge in [0.25, 0.3) is 0 Å². The second kappa shape index (κ2) is 66.8. The van der Waals surface area contributed by atoms with Crippen LogP contribution in [0.1, 0.15) is 393 Å². The predicted octanol–water partition coefficient (Wildman–Crippen LogP) is 22.5. The van der Waals surface area contributed by atoms with Gasteiger partial charge >= 0.3 is 5.97 Å². The summed E-state index contributed by atoms with van der Waals surface area (Å²) in [6.07, 6.45) is 84.0. The van der Waals surface area contributed by atoms with Crippen molar-refractivity contribution in [3.05, 3.63) is 24.3 Å². The molecule has 0 rings (SSSR count). The summed E-state index contributed by atoms with van der Waals surface area (Å²) in [6.45, 7) is 4.94. The van der Waals surface area contributed by atoms with Crippen molar-refractivity contribution in [1.82, 2.24) is 5.32 Å². The lowest BCUT2D eigenvalue weighted by Gasteiger charge is -2.20. The van der Waals surface area contributed by atoms with Crippen LogP contribution < -0.4 is 5.32 Å². The number of nitrogens with one attached hydrogen (secondary N) is 1. The maximum Gasteiger partial charge on any atom is 0.305 e. The lowest BCUT2D eigenvalue weighted by atomic mass is 10.0. The van der Waals surface area contributed by atoms with Crippen LogP contribution in [0.2, 0.25) is 0 Å². The SMILES string of the molecule is CCCCCCCCCCCCCC/C=C/C(O)C(CO)NC(=O)CCCCCCCCCCCCCCC/C=C\CCCCCCCCCCCCCCOC(=O)CCCCCCCCCCCCCCCCCCC. The number of aliphatic hydroxyl groups excluding tert-OH is 2. The van der Waals surface area contributed by atoms with Crippen LogP contribution in [-0.2, 0) is 14.3 Å². The van der Waals surface area contributed by atoms with Crippen LogP contribution in [0.4, 0.5) is 0 Å². The van der Waals surface area contributed by atoms with Crippen molar-refractivity contribution < 1.29 is 24.5 Å². The van der Waals surface area contributed by atoms with Crippen molar-refractivity contribution in [3.8, 4) is 0 Å². The van der Waals surface area contributed by atoms with Gasteiger partial charge in [0.15, 0.2) is 0 Å². The number of ether oxygens (including phenoxy) is 1. The van der Waals surface area contributed by atoms with E-state index in [9.17, 15) is 19.8 Å². The third kappa shape index (κ3) is 63.4. The number of hydrogen-bond acceptors (Lipinski definition) is 5. The molecule has 0 bridgehead atoms. The van der Waals surface area contributed by atoms with Gasteiger partial charge in [-0.2, -0.15) is 0 Å². The number of carbonyl (C=O) groups is 2. The molecular formula is C71H137NO5. The molecule has 0 saturated heterocycles. The molecule has 0 aliphatic carbocycles. The van der Waals surface area contributed by atoms with Crippen LogP contribution in [0, 0.1) is 0 Å². The molecule has 0 aromatic rings. The average molecular weight is 1080 g/mol. The van der Waals surface area contributed by atoms with Crippen LogP contribution in [0.15, 0.2) is 24.3 Å². The standard InChI is InChI=1S/C71H137NO5/c1-3-5-7-9-11-13-15-17-19-33-37-41-45-49-53-57-61-65-71(76)77-66-62-58-54-50-46-42-38-35-32-30-28-26-24-22-20-21-23-25-27-29-31-34-36-40-44-48-52-56-60-64-70(75)72-68(67-73)69(74)63-59-55-51-47-43-39-18-16-14-12-10-8-6-4-2/h20,22,59,63,68-69,73-74H,3-19,21,23-58,60-62,64-67H2,1-2H3,(H,72,75)/b22-20-,63-59+. The third-order valence-electron chi connectivity index (χ3n) is 16.5. The first kappa shape index (κ1) is 75.3. The molecule has 2 unspecified atom stereocenters. The largest absolute Gasteiger partial charge is 0.466 e. The van der Waals surface area contributed by atoms with Crippen molar-refractivity contribution in [2.75, 3.05) is 13.2 Å². The Bertz CT molecular complexity index is 1200. The van der Waals surface area contributed by atoms with E-state index in [0.29, 0.717) is 19.4 Å². The van der Waals surface area contributed by atoms with E-state index in [1.165, 1.54) is 327 Å². The molecule has 456 valence electrons. The number of carbonyl (C=O) groups excluding carboxylic acids is 2. The summed E-state index contributed by atoms with van der Waals surface area (Å²) in [5.41, 5.74) is 0. The summed E-state index contributed by atoms with van der Waals surface area (Å²) < 4.78 is 5.51. The molecule has 3 N–H and O–H groups in total. The first-order chi connectivity index (χ1) is 38.0. The maximum atomic E-state index is 12.5. The highest BCUT2D eigenvalue weighted by atomic mass is 16.5. The zero-order valence-corrected chi connectivity index (χ0v) is 52.2. The van der Waals surface area contributed by atoms with Gasteiger partial charge in [-0.25, -0.2) is 0 Å². The van der Waals surface area contributed by atoms with E-state index < -0.39 is 12.1 Å². The van der Waals surface area contributed by atoms with E-state index in [0.717, 1.165) is 38.5 Å². The lowest BCUT2D eigenvalue weighted by Crippen LogP contribution is -2.45. The van der Waals surface area contributed by atoms with Gasteiger partial charge in [-0.15, -0.1) is 0 Å². The fourth-order valence-corrected chi connectivity index (χ4v) is 11.1. The Labute approximate surface area is 481 Å². The summed E-state index contributed by atoms with van der Waals surface area (Å²) in [5, 5.41) is 23.1. The Morgan fingerprint density at radius 3 is 0.922 bits per heavy atom. The zero-order valence-electron chi connectivity index (χ0n) is 52.2. The summed E-state index contributed by atoms with van der Waals surface area (Å²) in [6, 6.07) is -0.626. The third-order valence-corrected chi connectivity index (χ3v) is 16.5. The Morgan fingerprint density at radius 2 is 0.610 bits per heavy atom. The lowest BCUT2D eigenvalue weighted by molar-refractivity contribution is -0.143. The summed E-state index contributed by atoms with van der Waals surface area (Å²) >= 11 is 0. The van der Waals surface area contributed by atoms with E-state index >= 15 is 0 Å². The molecule has 0 aromatic carbocycles. The van der Waals surface area contributed by atoms with Gasteiger partial charge in [-0.1, -0.05) is 346 Å². The minimum atomic E-state index is -0.843. The second-order valence-corrected chi connectivity index (χ2v) is 24.2. The Morgan fingerprint density at radius 1 is 0.351 bits per heavy atom. The van der Waals surface area contributed by atoms with Gasteiger partial charge in [0, 0.05) is 12.8 Å². The van der Waals surface area contributed by atoms with E-state index in [1.807, 2.05) is 6.08 Å². The highest BCUT2D eigenvalue weighted by Crippen LogP contribution is 2.18. The summed E-state index contributed by atoms with van der Waals surface area (Å²) in [4.78, 5) is 24.6. The molecule has 0 aliphatic heterocycles. The van der Waals surface area contributed by atoms with Crippen LogP contribution >= 0.6 is 0 Å². The van der Waals surface area contributed by atoms with E-state index in [4.69, 9.17) is 4.74 Å². The molecule has 0 fully saturated rings. The van der Waals surface area contributed by atoms with Crippen molar-refractivity contribution in [3.63, 3.8) is 0 Å². The number of esters is 1. The summed E-state index contributed by atoms with van der Waals surface area (Å²) in [7, 11) is 0. The minimum Gasteiger partial charge on any atom is -0.466 e. The second-order valence-electron chi connectivity index (χ2n) is 24.2. The van der Waals surface area contributed by atoms with Crippen LogP contribution in [0.3, 0.4) is 0 Å². The van der Waals surface area contributed by atoms with Gasteiger partial charge < -0.3 is 20.3 Å². The molecule has 0 radical (unpaired) electrons. The van der Waals surface area contributed by atoms with Gasteiger partial charge in [0.2, 0.25) is 5.91 Å². The summed E-state index contributed by atoms with van der Waals surface area (Å²) in [5.74, 6) is -0.0444. The van der Waals surface area contributed by atoms with Gasteiger partial charge in [0.05, 0.1) is 25.4 Å². The number of aliphatic hydroxyl groups is 2. The first-order valence-corrected chi connectivity index (χ1v) is 35.1. The highest BCUT2D eigenvalue weighted by molar-refractivity contribution is 5.76. The number of hydrogen-bond donors (Lipinski definition) is 3. The molecule has 2 atom stereocenters. The van der Waals surface area contributed by atoms with Crippen LogP contribution in [0.25, 0.3) is 0 Å². The van der Waals surface area contributed by atoms with E-state index in [2.05, 4.69) is 31.3 Å². The predicted molar refractivity (Wildman–Crippen MR) is 338 cm³/mol. The molecule has 0 spiro atoms. The number of unbranched alkanes of at least 4 members (excludes halogenated alkanes) is 53. The average Bonchev–Trinajstić information content (AvgIpc) is 3.43. The molecular weight excluding hydrogens is 947 g/mol. The normalized spacial score (nSPS) is 12.6. The number of allylic oxidation sites excluding steroid dienone is 3. The highest BCUT2D eigenvalue weighted by Gasteiger charge is 2.18. The molecule has 77 heavy (non-hydrogen) atoms. The van der Waals surface area contributed by atoms with Gasteiger partial charge in [-0.05, 0) is 57.8 Å². The molecule has 0 aliphatic rings. The van der Waals surface area contributed by atoms with Crippen molar-refractivity contribution in [2.24, 2.45) is 0 Å². The van der Waals surface area contributed by atoms with Gasteiger partial charge in [0.1, 0.15) is 0 Å². The Kier molecular flexibility index (Phi) is 65.4. The minimum absolute atomic E-state index is 0.0207. The zero-order chi connectivity index (χ0) is 55.7. The topological polar surface area (TPSA) is 95.9 Å². The van der Waals surface area contributed by atoms with Crippen molar-refractivity contribution in [1.29, 1.82) is 0 Å². The maximum absolute atomic E-state index is 12.5. The number of amides is 1. The Hall–Kier alpha value is -1.66. The molecule has 0 saturated carbocycles. The van der Waals surface area contributed by atoms with Crippen LogP contribution in [0.5, 0.6) is 0 Å². The molecule has 6 nitrogen and oxygen atoms in total. The van der Waals surface area contributed by atoms with E-state index in [-0.39, 0.29) is 18.5 Å². The first-order valence-electron chi connectivity index (χ1n) is 35.1. The van der Waals surface area contributed by atoms with Gasteiger partial charge in [-0.3, -0.25) is 9.59 Å². The molecule has 1 amide bonds. The quantitative estimate of drug-likeness (QED) is 0.0320. The Balaban J connectivity index is 3.36. The van der Waals surface area contributed by atoms with E-state index in [1.54, 1.807) is 6.08 Å².